The molecule has 0 aromatic carbocycles. The molecule has 1 heteroatoms. The zero-order valence-corrected chi connectivity index (χ0v) is 12.6. The Balaban J connectivity index is 3.51. The first-order valence-electron chi connectivity index (χ1n) is 7.47. The summed E-state index contributed by atoms with van der Waals surface area (Å²) in [7, 11) is 0. The third-order valence-electron chi connectivity index (χ3n) is 3.56. The van der Waals surface area contributed by atoms with E-state index in [2.05, 4.69) is 39.6 Å². The molecule has 0 saturated carbocycles. The summed E-state index contributed by atoms with van der Waals surface area (Å²) in [5.74, 6) is 0. The maximum Gasteiger partial charge on any atom is 0.0143 e. The first-order valence-corrected chi connectivity index (χ1v) is 7.47. The highest BCUT2D eigenvalue weighted by atomic mass is 14.9. The van der Waals surface area contributed by atoms with Gasteiger partial charge in [-0.25, -0.2) is 0 Å². The van der Waals surface area contributed by atoms with Gasteiger partial charge in [-0.1, -0.05) is 72.8 Å². The Labute approximate surface area is 109 Å². The molecule has 0 aliphatic heterocycles. The van der Waals surface area contributed by atoms with Gasteiger partial charge in [0.05, 0.1) is 0 Å². The van der Waals surface area contributed by atoms with Crippen LogP contribution in [-0.4, -0.2) is 6.54 Å². The van der Waals surface area contributed by atoms with Gasteiger partial charge in [0.1, 0.15) is 0 Å². The quantitative estimate of drug-likeness (QED) is 0.484. The highest BCUT2D eigenvalue weighted by molar-refractivity contribution is 5.04. The minimum atomic E-state index is 0.247. The summed E-state index contributed by atoms with van der Waals surface area (Å²) in [4.78, 5) is 0. The van der Waals surface area contributed by atoms with E-state index in [9.17, 15) is 0 Å². The third kappa shape index (κ3) is 8.29. The number of rotatable bonds is 11. The van der Waals surface area contributed by atoms with Crippen molar-refractivity contribution in [3.05, 3.63) is 12.3 Å². The zero-order chi connectivity index (χ0) is 13.1. The molecule has 17 heavy (non-hydrogen) atoms. The van der Waals surface area contributed by atoms with Gasteiger partial charge < -0.3 is 5.32 Å². The van der Waals surface area contributed by atoms with Crippen LogP contribution in [0.25, 0.3) is 0 Å². The minimum Gasteiger partial charge on any atom is -0.388 e. The van der Waals surface area contributed by atoms with Gasteiger partial charge in [0, 0.05) is 17.7 Å². The first kappa shape index (κ1) is 16.5. The maximum atomic E-state index is 4.18. The number of nitrogens with one attached hydrogen (secondary N) is 1. The van der Waals surface area contributed by atoms with Crippen LogP contribution in [0.1, 0.15) is 79.1 Å². The Kier molecular flexibility index (Phi) is 9.30. The lowest BCUT2D eigenvalue weighted by Gasteiger charge is -2.27. The van der Waals surface area contributed by atoms with Crippen molar-refractivity contribution in [1.82, 2.24) is 5.32 Å². The van der Waals surface area contributed by atoms with Crippen molar-refractivity contribution in [2.24, 2.45) is 5.41 Å². The fraction of sp³-hybridized carbons (Fsp3) is 0.875. The SMILES string of the molecule is C=C(NCCCCCCCC)C(C)(C)CCC. The predicted octanol–water partition coefficient (Wildman–Crippen LogP) is 5.28. The van der Waals surface area contributed by atoms with E-state index in [0.717, 1.165) is 6.54 Å². The van der Waals surface area contributed by atoms with E-state index in [-0.39, 0.29) is 5.41 Å². The number of hydrogen-bond donors (Lipinski definition) is 1. The van der Waals surface area contributed by atoms with Gasteiger partial charge in [-0.3, -0.25) is 0 Å². The van der Waals surface area contributed by atoms with Crippen LogP contribution < -0.4 is 5.32 Å². The molecule has 0 aliphatic rings. The molecule has 1 nitrogen and oxygen atoms in total. The molecule has 0 aliphatic carbocycles. The van der Waals surface area contributed by atoms with Gasteiger partial charge >= 0.3 is 0 Å². The Morgan fingerprint density at radius 1 is 0.941 bits per heavy atom. The smallest absolute Gasteiger partial charge is 0.0143 e. The monoisotopic (exact) mass is 239 g/mol. The molecule has 0 unspecified atom stereocenters. The molecule has 0 fully saturated rings. The van der Waals surface area contributed by atoms with Crippen LogP contribution in [0.4, 0.5) is 0 Å². The van der Waals surface area contributed by atoms with E-state index < -0.39 is 0 Å². The molecule has 0 spiro atoms. The number of allylic oxidation sites excluding steroid dienone is 1. The van der Waals surface area contributed by atoms with Crippen LogP contribution in [-0.2, 0) is 0 Å². The van der Waals surface area contributed by atoms with Crippen LogP contribution in [0, 0.1) is 5.41 Å². The van der Waals surface area contributed by atoms with Crippen molar-refractivity contribution in [3.63, 3.8) is 0 Å². The van der Waals surface area contributed by atoms with E-state index in [1.807, 2.05) is 0 Å². The second kappa shape index (κ2) is 9.56. The largest absolute Gasteiger partial charge is 0.388 e. The summed E-state index contributed by atoms with van der Waals surface area (Å²) in [6, 6.07) is 0. The molecular weight excluding hydrogens is 206 g/mol. The lowest BCUT2D eigenvalue weighted by atomic mass is 9.85. The van der Waals surface area contributed by atoms with Gasteiger partial charge in [0.15, 0.2) is 0 Å². The van der Waals surface area contributed by atoms with Gasteiger partial charge in [-0.05, 0) is 12.8 Å². The van der Waals surface area contributed by atoms with E-state index in [4.69, 9.17) is 0 Å². The minimum absolute atomic E-state index is 0.247. The van der Waals surface area contributed by atoms with Crippen LogP contribution in [0.3, 0.4) is 0 Å². The van der Waals surface area contributed by atoms with E-state index in [0.29, 0.717) is 0 Å². The lowest BCUT2D eigenvalue weighted by molar-refractivity contribution is 0.375. The van der Waals surface area contributed by atoms with Crippen molar-refractivity contribution in [2.45, 2.75) is 79.1 Å². The van der Waals surface area contributed by atoms with E-state index >= 15 is 0 Å². The Bertz CT molecular complexity index is 194. The van der Waals surface area contributed by atoms with Gasteiger partial charge in [0.2, 0.25) is 0 Å². The molecule has 0 radical (unpaired) electrons. The van der Waals surface area contributed by atoms with Crippen LogP contribution in [0.2, 0.25) is 0 Å². The van der Waals surface area contributed by atoms with Gasteiger partial charge in [-0.15, -0.1) is 0 Å². The summed E-state index contributed by atoms with van der Waals surface area (Å²) in [5.41, 5.74) is 1.46. The average Bonchev–Trinajstić information content (AvgIpc) is 2.27. The Morgan fingerprint density at radius 3 is 2.12 bits per heavy atom. The van der Waals surface area contributed by atoms with Crippen molar-refractivity contribution in [2.75, 3.05) is 6.54 Å². The highest BCUT2D eigenvalue weighted by Gasteiger charge is 2.19. The standard InChI is InChI=1S/C16H33N/c1-6-8-9-10-11-12-14-17-15(3)16(4,5)13-7-2/h17H,3,6-14H2,1-2,4-5H3. The molecule has 0 heterocycles. The summed E-state index contributed by atoms with van der Waals surface area (Å²) in [5, 5.41) is 3.50. The summed E-state index contributed by atoms with van der Waals surface area (Å²) < 4.78 is 0. The van der Waals surface area contributed by atoms with Crippen LogP contribution >= 0.6 is 0 Å². The van der Waals surface area contributed by atoms with Gasteiger partial charge in [-0.2, -0.15) is 0 Å². The molecule has 0 aromatic rings. The molecule has 0 aromatic heterocycles. The van der Waals surface area contributed by atoms with E-state index in [1.54, 1.807) is 0 Å². The van der Waals surface area contributed by atoms with Crippen LogP contribution in [0.5, 0.6) is 0 Å². The fourth-order valence-corrected chi connectivity index (χ4v) is 2.16. The fourth-order valence-electron chi connectivity index (χ4n) is 2.16. The molecule has 0 bridgehead atoms. The molecule has 102 valence electrons. The van der Waals surface area contributed by atoms with Crippen molar-refractivity contribution in [3.8, 4) is 0 Å². The molecule has 0 rings (SSSR count). The normalized spacial score (nSPS) is 11.5. The Hall–Kier alpha value is -0.460. The molecular formula is C16H33N. The summed E-state index contributed by atoms with van der Waals surface area (Å²) >= 11 is 0. The second-order valence-corrected chi connectivity index (χ2v) is 5.81. The zero-order valence-electron chi connectivity index (χ0n) is 12.6. The summed E-state index contributed by atoms with van der Waals surface area (Å²) in [6.07, 6.45) is 10.6. The van der Waals surface area contributed by atoms with Crippen molar-refractivity contribution < 1.29 is 0 Å². The van der Waals surface area contributed by atoms with Crippen molar-refractivity contribution in [1.29, 1.82) is 0 Å². The lowest BCUT2D eigenvalue weighted by Crippen LogP contribution is -2.26. The molecule has 0 saturated heterocycles. The maximum absolute atomic E-state index is 4.18. The highest BCUT2D eigenvalue weighted by Crippen LogP contribution is 2.28. The topological polar surface area (TPSA) is 12.0 Å². The molecule has 1 N–H and O–H groups in total. The van der Waals surface area contributed by atoms with Crippen molar-refractivity contribution >= 4 is 0 Å². The number of hydrogen-bond acceptors (Lipinski definition) is 1. The molecule has 0 atom stereocenters. The third-order valence-corrected chi connectivity index (χ3v) is 3.56. The first-order chi connectivity index (χ1) is 8.04. The van der Waals surface area contributed by atoms with E-state index in [1.165, 1.54) is 57.1 Å². The van der Waals surface area contributed by atoms with Crippen LogP contribution in [0.15, 0.2) is 12.3 Å². The second-order valence-electron chi connectivity index (χ2n) is 5.81. The average molecular weight is 239 g/mol. The predicted molar refractivity (Wildman–Crippen MR) is 79.2 cm³/mol. The van der Waals surface area contributed by atoms with Gasteiger partial charge in [0.25, 0.3) is 0 Å². The molecule has 0 amide bonds. The number of unbranched alkanes of at least 4 members (excludes halogenated alkanes) is 5. The summed E-state index contributed by atoms with van der Waals surface area (Å²) in [6.45, 7) is 14.4. The Morgan fingerprint density at radius 2 is 1.53 bits per heavy atom.